The summed E-state index contributed by atoms with van der Waals surface area (Å²) in [4.78, 5) is 37.7. The summed E-state index contributed by atoms with van der Waals surface area (Å²) in [7, 11) is 0. The third kappa shape index (κ3) is 4.22. The SMILES string of the molecule is O=C=NCCOC(=O)c1ccc(N=C=O)cc1. The molecule has 0 fully saturated rings. The fourth-order valence-electron chi connectivity index (χ4n) is 1.04. The minimum atomic E-state index is -0.535. The first-order valence-corrected chi connectivity index (χ1v) is 4.66. The summed E-state index contributed by atoms with van der Waals surface area (Å²) in [6, 6.07) is 5.93. The summed E-state index contributed by atoms with van der Waals surface area (Å²) in [5, 5.41) is 0. The maximum Gasteiger partial charge on any atom is 0.338 e. The highest BCUT2D eigenvalue weighted by molar-refractivity contribution is 5.89. The minimum absolute atomic E-state index is 0.0162. The van der Waals surface area contributed by atoms with Crippen molar-refractivity contribution in [3.63, 3.8) is 0 Å². The van der Waals surface area contributed by atoms with Gasteiger partial charge in [0.2, 0.25) is 12.2 Å². The summed E-state index contributed by atoms with van der Waals surface area (Å²) in [5.74, 6) is -0.535. The van der Waals surface area contributed by atoms with Crippen LogP contribution in [0.25, 0.3) is 0 Å². The molecule has 1 aromatic rings. The van der Waals surface area contributed by atoms with E-state index in [0.29, 0.717) is 11.3 Å². The van der Waals surface area contributed by atoms with Crippen LogP contribution in [0.15, 0.2) is 34.3 Å². The van der Waals surface area contributed by atoms with Gasteiger partial charge in [0.25, 0.3) is 0 Å². The van der Waals surface area contributed by atoms with Crippen molar-refractivity contribution < 1.29 is 19.1 Å². The molecule has 6 nitrogen and oxygen atoms in total. The quantitative estimate of drug-likeness (QED) is 0.330. The average molecular weight is 232 g/mol. The van der Waals surface area contributed by atoms with Gasteiger partial charge in [-0.25, -0.2) is 19.4 Å². The molecular formula is C11H8N2O4. The van der Waals surface area contributed by atoms with E-state index >= 15 is 0 Å². The molecule has 0 aromatic heterocycles. The number of hydrogen-bond donors (Lipinski definition) is 0. The Kier molecular flexibility index (Phi) is 5.04. The second-order valence-corrected chi connectivity index (χ2v) is 2.86. The van der Waals surface area contributed by atoms with Crippen LogP contribution in [0.1, 0.15) is 10.4 Å². The molecule has 0 saturated carbocycles. The molecule has 0 aliphatic carbocycles. The highest BCUT2D eigenvalue weighted by Crippen LogP contribution is 2.12. The van der Waals surface area contributed by atoms with Crippen LogP contribution in [-0.4, -0.2) is 31.3 Å². The van der Waals surface area contributed by atoms with Crippen LogP contribution in [0.4, 0.5) is 5.69 Å². The van der Waals surface area contributed by atoms with Crippen LogP contribution in [0.2, 0.25) is 0 Å². The third-order valence-corrected chi connectivity index (χ3v) is 1.78. The number of isocyanates is 2. The molecule has 86 valence electrons. The van der Waals surface area contributed by atoms with Gasteiger partial charge in [-0.2, -0.15) is 4.99 Å². The molecule has 0 radical (unpaired) electrons. The fourth-order valence-corrected chi connectivity index (χ4v) is 1.04. The first-order valence-electron chi connectivity index (χ1n) is 4.66. The van der Waals surface area contributed by atoms with Crippen LogP contribution in [0.3, 0.4) is 0 Å². The molecule has 1 aromatic carbocycles. The van der Waals surface area contributed by atoms with Gasteiger partial charge in [0.15, 0.2) is 0 Å². The lowest BCUT2D eigenvalue weighted by atomic mass is 10.2. The van der Waals surface area contributed by atoms with Crippen LogP contribution >= 0.6 is 0 Å². The molecule has 6 heteroatoms. The molecule has 0 atom stereocenters. The Morgan fingerprint density at radius 3 is 2.47 bits per heavy atom. The van der Waals surface area contributed by atoms with Gasteiger partial charge in [0.05, 0.1) is 17.8 Å². The number of ether oxygens (including phenoxy) is 1. The maximum absolute atomic E-state index is 11.4. The number of esters is 1. The smallest absolute Gasteiger partial charge is 0.338 e. The van der Waals surface area contributed by atoms with Crippen LogP contribution in [0.5, 0.6) is 0 Å². The predicted octanol–water partition coefficient (Wildman–Crippen LogP) is 1.15. The normalized spacial score (nSPS) is 8.71. The molecule has 0 heterocycles. The monoisotopic (exact) mass is 232 g/mol. The Bertz CT molecular complexity index is 483. The molecule has 0 amide bonds. The molecule has 0 saturated heterocycles. The lowest BCUT2D eigenvalue weighted by Gasteiger charge is -2.02. The topological polar surface area (TPSA) is 85.2 Å². The summed E-state index contributed by atoms with van der Waals surface area (Å²) < 4.78 is 4.81. The number of aliphatic imine (C=N–C) groups is 2. The van der Waals surface area contributed by atoms with Gasteiger partial charge in [-0.1, -0.05) is 0 Å². The fraction of sp³-hybridized carbons (Fsp3) is 0.182. The van der Waals surface area contributed by atoms with Gasteiger partial charge in [0.1, 0.15) is 6.61 Å². The Hall–Kier alpha value is -2.55. The largest absolute Gasteiger partial charge is 0.460 e. The first kappa shape index (κ1) is 12.5. The zero-order valence-electron chi connectivity index (χ0n) is 8.75. The number of carbonyl (C=O) groups is 1. The van der Waals surface area contributed by atoms with Crippen molar-refractivity contribution in [1.29, 1.82) is 0 Å². The predicted molar refractivity (Wildman–Crippen MR) is 57.5 cm³/mol. The van der Waals surface area contributed by atoms with E-state index in [-0.39, 0.29) is 13.2 Å². The molecule has 0 spiro atoms. The van der Waals surface area contributed by atoms with E-state index in [9.17, 15) is 14.4 Å². The number of benzene rings is 1. The molecule has 0 aliphatic heterocycles. The Balaban J connectivity index is 2.57. The average Bonchev–Trinajstić information content (AvgIpc) is 2.36. The number of carbonyl (C=O) groups excluding carboxylic acids is 3. The lowest BCUT2D eigenvalue weighted by molar-refractivity contribution is 0.0517. The van der Waals surface area contributed by atoms with Gasteiger partial charge >= 0.3 is 5.97 Å². The van der Waals surface area contributed by atoms with E-state index in [4.69, 9.17) is 4.74 Å². The summed E-state index contributed by atoms with van der Waals surface area (Å²) in [6.07, 6.45) is 2.73. The van der Waals surface area contributed by atoms with Gasteiger partial charge in [0, 0.05) is 0 Å². The summed E-state index contributed by atoms with van der Waals surface area (Å²) >= 11 is 0. The minimum Gasteiger partial charge on any atom is -0.460 e. The molecular weight excluding hydrogens is 224 g/mol. The zero-order valence-corrected chi connectivity index (χ0v) is 8.75. The van der Waals surface area contributed by atoms with Crippen molar-refractivity contribution in [3.8, 4) is 0 Å². The molecule has 1 rings (SSSR count). The van der Waals surface area contributed by atoms with Gasteiger partial charge in [-0.15, -0.1) is 0 Å². The van der Waals surface area contributed by atoms with E-state index in [2.05, 4.69) is 9.98 Å². The van der Waals surface area contributed by atoms with E-state index in [1.807, 2.05) is 0 Å². The number of hydrogen-bond acceptors (Lipinski definition) is 6. The van der Waals surface area contributed by atoms with Crippen LogP contribution in [0, 0.1) is 0 Å². The summed E-state index contributed by atoms with van der Waals surface area (Å²) in [5.41, 5.74) is 0.729. The summed E-state index contributed by atoms with van der Waals surface area (Å²) in [6.45, 7) is 0.102. The van der Waals surface area contributed by atoms with Gasteiger partial charge in [-0.3, -0.25) is 0 Å². The van der Waals surface area contributed by atoms with E-state index < -0.39 is 5.97 Å². The highest BCUT2D eigenvalue weighted by Gasteiger charge is 2.05. The van der Waals surface area contributed by atoms with Crippen molar-refractivity contribution in [3.05, 3.63) is 29.8 Å². The number of nitrogens with zero attached hydrogens (tertiary/aromatic N) is 2. The molecule has 17 heavy (non-hydrogen) atoms. The van der Waals surface area contributed by atoms with Crippen LogP contribution in [-0.2, 0) is 14.3 Å². The highest BCUT2D eigenvalue weighted by atomic mass is 16.5. The van der Waals surface area contributed by atoms with E-state index in [0.717, 1.165) is 0 Å². The Labute approximate surface area is 96.6 Å². The molecule has 0 bridgehead atoms. The maximum atomic E-state index is 11.4. The van der Waals surface area contributed by atoms with Gasteiger partial charge in [-0.05, 0) is 24.3 Å². The lowest BCUT2D eigenvalue weighted by Crippen LogP contribution is -2.07. The van der Waals surface area contributed by atoms with Crippen molar-refractivity contribution in [2.45, 2.75) is 0 Å². The van der Waals surface area contributed by atoms with E-state index in [1.54, 1.807) is 0 Å². The Morgan fingerprint density at radius 2 is 1.88 bits per heavy atom. The van der Waals surface area contributed by atoms with Crippen molar-refractivity contribution in [2.75, 3.05) is 13.2 Å². The van der Waals surface area contributed by atoms with Gasteiger partial charge < -0.3 is 4.74 Å². The molecule has 0 aliphatic rings. The first-order chi connectivity index (χ1) is 8.27. The second kappa shape index (κ2) is 6.85. The molecule has 0 N–H and O–H groups in total. The third-order valence-electron chi connectivity index (χ3n) is 1.78. The van der Waals surface area contributed by atoms with Crippen LogP contribution < -0.4 is 0 Å². The van der Waals surface area contributed by atoms with E-state index in [1.165, 1.54) is 36.4 Å². The molecule has 0 unspecified atom stereocenters. The van der Waals surface area contributed by atoms with Crippen molar-refractivity contribution >= 4 is 23.8 Å². The second-order valence-electron chi connectivity index (χ2n) is 2.86. The number of rotatable bonds is 5. The Morgan fingerprint density at radius 1 is 1.18 bits per heavy atom. The van der Waals surface area contributed by atoms with Crippen molar-refractivity contribution in [1.82, 2.24) is 0 Å². The standard InChI is InChI=1S/C11H8N2O4/c14-7-12-5-6-17-11(16)9-1-3-10(4-2-9)13-8-15/h1-4H,5-6H2. The van der Waals surface area contributed by atoms with Crippen molar-refractivity contribution in [2.24, 2.45) is 9.98 Å². The zero-order chi connectivity index (χ0) is 12.5.